The summed E-state index contributed by atoms with van der Waals surface area (Å²) in [4.78, 5) is 32.5. The van der Waals surface area contributed by atoms with Crippen LogP contribution in [0, 0.1) is 0 Å². The Labute approximate surface area is 209 Å². The number of rotatable bonds is 7. The Hall–Kier alpha value is -4.30. The number of carboxylic acid groups (broad SMARTS) is 1. The summed E-state index contributed by atoms with van der Waals surface area (Å²) >= 11 is 0. The first-order valence-electron chi connectivity index (χ1n) is 11.9. The summed E-state index contributed by atoms with van der Waals surface area (Å²) in [5.41, 5.74) is 3.68. The molecular weight excluding hydrogens is 456 g/mol. The van der Waals surface area contributed by atoms with Crippen LogP contribution in [0.2, 0.25) is 0 Å². The second-order valence-corrected chi connectivity index (χ2v) is 8.76. The highest BCUT2D eigenvalue weighted by Gasteiger charge is 2.32. The van der Waals surface area contributed by atoms with Gasteiger partial charge in [-0.25, -0.2) is 0 Å². The van der Waals surface area contributed by atoms with E-state index in [1.54, 1.807) is 25.4 Å². The summed E-state index contributed by atoms with van der Waals surface area (Å²) in [5, 5.41) is 13.9. The van der Waals surface area contributed by atoms with Gasteiger partial charge in [-0.1, -0.05) is 30.3 Å². The van der Waals surface area contributed by atoms with Crippen molar-refractivity contribution in [1.29, 1.82) is 0 Å². The molecule has 0 saturated carbocycles. The van der Waals surface area contributed by atoms with Gasteiger partial charge in [-0.2, -0.15) is 0 Å². The van der Waals surface area contributed by atoms with E-state index in [2.05, 4.69) is 15.2 Å². The smallest absolute Gasteiger partial charge is 0.325 e. The number of carboxylic acids is 1. The minimum Gasteiger partial charge on any atom is -0.495 e. The number of hydrogen-bond donors (Lipinski definition) is 3. The first-order chi connectivity index (χ1) is 17.5. The van der Waals surface area contributed by atoms with Gasteiger partial charge in [0.2, 0.25) is 0 Å². The van der Waals surface area contributed by atoms with E-state index >= 15 is 0 Å². The van der Waals surface area contributed by atoms with Crippen LogP contribution in [0.15, 0.2) is 79.0 Å². The van der Waals surface area contributed by atoms with Crippen molar-refractivity contribution in [2.45, 2.75) is 6.04 Å². The number of hydrogen-bond acceptors (Lipinski definition) is 5. The van der Waals surface area contributed by atoms with Gasteiger partial charge in [0, 0.05) is 60.1 Å². The zero-order valence-corrected chi connectivity index (χ0v) is 20.0. The standard InChI is InChI=1S/C28H28N4O4/c1-36-25-10-6-5-9-24(25)31-13-15-32(16-14-31)26(28(34)35)22-18-29-23-12-11-20(17-21(22)23)30-27(33)19-7-3-2-4-8-19/h2-12,17-18,26,29H,13-16H2,1H3,(H,30,33)(H,34,35)/t26-/m0/s1. The number of para-hydroxylation sites is 2. The van der Waals surface area contributed by atoms with Crippen molar-refractivity contribution in [3.8, 4) is 5.75 Å². The van der Waals surface area contributed by atoms with E-state index in [4.69, 9.17) is 4.74 Å². The van der Waals surface area contributed by atoms with Gasteiger partial charge in [-0.05, 0) is 42.5 Å². The van der Waals surface area contributed by atoms with Gasteiger partial charge in [-0.15, -0.1) is 0 Å². The third kappa shape index (κ3) is 4.63. The fourth-order valence-electron chi connectivity index (χ4n) is 4.84. The third-order valence-corrected chi connectivity index (χ3v) is 6.64. The predicted octanol–water partition coefficient (Wildman–Crippen LogP) is 4.38. The predicted molar refractivity (Wildman–Crippen MR) is 140 cm³/mol. The fourth-order valence-corrected chi connectivity index (χ4v) is 4.84. The molecular formula is C28H28N4O4. The Morgan fingerprint density at radius 3 is 2.42 bits per heavy atom. The molecule has 1 amide bonds. The number of fused-ring (bicyclic) bond motifs is 1. The highest BCUT2D eigenvalue weighted by atomic mass is 16.5. The molecule has 1 saturated heterocycles. The molecule has 0 spiro atoms. The van der Waals surface area contributed by atoms with Crippen LogP contribution < -0.4 is 15.0 Å². The molecule has 1 aromatic heterocycles. The fraction of sp³-hybridized carbons (Fsp3) is 0.214. The lowest BCUT2D eigenvalue weighted by Gasteiger charge is -2.39. The molecule has 0 unspecified atom stereocenters. The lowest BCUT2D eigenvalue weighted by Crippen LogP contribution is -2.49. The number of nitrogens with zero attached hydrogens (tertiary/aromatic N) is 2. The van der Waals surface area contributed by atoms with Gasteiger partial charge in [0.05, 0.1) is 12.8 Å². The van der Waals surface area contributed by atoms with Gasteiger partial charge in [0.25, 0.3) is 5.91 Å². The van der Waals surface area contributed by atoms with Gasteiger partial charge in [-0.3, -0.25) is 14.5 Å². The molecule has 4 aromatic rings. The summed E-state index contributed by atoms with van der Waals surface area (Å²) in [7, 11) is 1.66. The minimum atomic E-state index is -0.902. The van der Waals surface area contributed by atoms with Crippen molar-refractivity contribution in [1.82, 2.24) is 9.88 Å². The average Bonchev–Trinajstić information content (AvgIpc) is 3.32. The first kappa shape index (κ1) is 23.4. The Balaban J connectivity index is 1.37. The zero-order valence-electron chi connectivity index (χ0n) is 20.0. The average molecular weight is 485 g/mol. The Morgan fingerprint density at radius 2 is 1.69 bits per heavy atom. The number of benzene rings is 3. The van der Waals surface area contributed by atoms with Crippen LogP contribution in [-0.4, -0.2) is 60.2 Å². The Kier molecular flexibility index (Phi) is 6.60. The largest absolute Gasteiger partial charge is 0.495 e. The zero-order chi connectivity index (χ0) is 25.1. The van der Waals surface area contributed by atoms with E-state index in [1.165, 1.54) is 0 Å². The molecule has 8 heteroatoms. The molecule has 2 heterocycles. The number of ether oxygens (including phenoxy) is 1. The van der Waals surface area contributed by atoms with Crippen molar-refractivity contribution < 1.29 is 19.4 Å². The number of aromatic amines is 1. The Bertz CT molecular complexity index is 1380. The van der Waals surface area contributed by atoms with Crippen LogP contribution in [0.25, 0.3) is 10.9 Å². The third-order valence-electron chi connectivity index (χ3n) is 6.64. The number of carbonyl (C=O) groups is 2. The SMILES string of the molecule is COc1ccccc1N1CCN([C@H](C(=O)O)c2c[nH]c3ccc(NC(=O)c4ccccc4)cc23)CC1. The molecule has 3 aromatic carbocycles. The number of H-pyrrole nitrogens is 1. The molecule has 8 nitrogen and oxygen atoms in total. The van der Waals surface area contributed by atoms with Crippen molar-refractivity contribution in [2.24, 2.45) is 0 Å². The molecule has 0 radical (unpaired) electrons. The van der Waals surface area contributed by atoms with Crippen LogP contribution in [0.4, 0.5) is 11.4 Å². The van der Waals surface area contributed by atoms with E-state index in [9.17, 15) is 14.7 Å². The maximum Gasteiger partial charge on any atom is 0.325 e. The number of anilines is 2. The van der Waals surface area contributed by atoms with Gasteiger partial charge < -0.3 is 25.0 Å². The summed E-state index contributed by atoms with van der Waals surface area (Å²) in [6, 6.07) is 21.6. The number of aromatic nitrogens is 1. The van der Waals surface area contributed by atoms with Gasteiger partial charge >= 0.3 is 5.97 Å². The monoisotopic (exact) mass is 484 g/mol. The van der Waals surface area contributed by atoms with Crippen molar-refractivity contribution in [2.75, 3.05) is 43.5 Å². The maximum atomic E-state index is 12.6. The molecule has 3 N–H and O–H groups in total. The highest BCUT2D eigenvalue weighted by Crippen LogP contribution is 2.33. The van der Waals surface area contributed by atoms with Gasteiger partial charge in [0.1, 0.15) is 11.8 Å². The number of carbonyl (C=O) groups excluding carboxylic acids is 1. The van der Waals surface area contributed by atoms with E-state index in [0.717, 1.165) is 22.3 Å². The molecule has 36 heavy (non-hydrogen) atoms. The summed E-state index contributed by atoms with van der Waals surface area (Å²) in [6.45, 7) is 2.55. The number of methoxy groups -OCH3 is 1. The quantitative estimate of drug-likeness (QED) is 0.360. The van der Waals surface area contributed by atoms with Crippen LogP contribution >= 0.6 is 0 Å². The van der Waals surface area contributed by atoms with Crippen molar-refractivity contribution in [3.05, 3.63) is 90.1 Å². The molecule has 0 aliphatic carbocycles. The molecule has 0 bridgehead atoms. The normalized spacial score (nSPS) is 15.0. The molecule has 1 atom stereocenters. The second kappa shape index (κ2) is 10.1. The minimum absolute atomic E-state index is 0.214. The van der Waals surface area contributed by atoms with Gasteiger partial charge in [0.15, 0.2) is 0 Å². The van der Waals surface area contributed by atoms with E-state index in [0.29, 0.717) is 43.0 Å². The first-order valence-corrected chi connectivity index (χ1v) is 11.9. The van der Waals surface area contributed by atoms with Crippen molar-refractivity contribution >= 4 is 34.2 Å². The van der Waals surface area contributed by atoms with E-state index in [1.807, 2.05) is 65.6 Å². The topological polar surface area (TPSA) is 97.9 Å². The second-order valence-electron chi connectivity index (χ2n) is 8.76. The lowest BCUT2D eigenvalue weighted by atomic mass is 10.0. The number of aliphatic carboxylic acids is 1. The van der Waals surface area contributed by atoms with Crippen LogP contribution in [0.5, 0.6) is 5.75 Å². The van der Waals surface area contributed by atoms with E-state index in [-0.39, 0.29) is 5.91 Å². The molecule has 1 aliphatic rings. The highest BCUT2D eigenvalue weighted by molar-refractivity contribution is 6.05. The number of amides is 1. The van der Waals surface area contributed by atoms with Crippen LogP contribution in [-0.2, 0) is 4.79 Å². The number of piperazine rings is 1. The van der Waals surface area contributed by atoms with E-state index < -0.39 is 12.0 Å². The molecule has 5 rings (SSSR count). The lowest BCUT2D eigenvalue weighted by molar-refractivity contribution is -0.143. The molecule has 184 valence electrons. The maximum absolute atomic E-state index is 12.6. The van der Waals surface area contributed by atoms with Crippen LogP contribution in [0.1, 0.15) is 22.0 Å². The van der Waals surface area contributed by atoms with Crippen molar-refractivity contribution in [3.63, 3.8) is 0 Å². The summed E-state index contributed by atoms with van der Waals surface area (Å²) < 4.78 is 5.50. The summed E-state index contributed by atoms with van der Waals surface area (Å²) in [6.07, 6.45) is 1.76. The van der Waals surface area contributed by atoms with Crippen LogP contribution in [0.3, 0.4) is 0 Å². The number of nitrogens with one attached hydrogen (secondary N) is 2. The Morgan fingerprint density at radius 1 is 0.972 bits per heavy atom. The molecule has 1 aliphatic heterocycles. The summed E-state index contributed by atoms with van der Waals surface area (Å²) in [5.74, 6) is -0.308. The molecule has 1 fully saturated rings.